The number of aliphatic imine (C=N–C) groups is 1. The van der Waals surface area contributed by atoms with Gasteiger partial charge in [0.05, 0.1) is 12.2 Å². The smallest absolute Gasteiger partial charge is 0.193 e. The average molecular weight is 311 g/mol. The van der Waals surface area contributed by atoms with E-state index in [4.69, 9.17) is 5.73 Å². The molecule has 0 spiro atoms. The zero-order chi connectivity index (χ0) is 16.2. The normalized spacial score (nSPS) is 14.8. The standard InChI is InChI=1S/C18H25N5/c1-13(2)14-6-5-7-15(10-14)22-18(19)20-11-16-12-23-9-4-3-8-17(23)21-16/h5-7,10,12-13H,3-4,8-9,11H2,1-2H3,(H3,19,20,22). The molecule has 1 aliphatic heterocycles. The number of imidazole rings is 1. The Hall–Kier alpha value is -2.30. The maximum absolute atomic E-state index is 6.01. The molecule has 1 aliphatic rings. The van der Waals surface area contributed by atoms with Crippen LogP contribution in [0.3, 0.4) is 0 Å². The Morgan fingerprint density at radius 3 is 3.04 bits per heavy atom. The molecule has 0 radical (unpaired) electrons. The summed E-state index contributed by atoms with van der Waals surface area (Å²) in [6.45, 7) is 5.94. The van der Waals surface area contributed by atoms with Crippen LogP contribution in [0.5, 0.6) is 0 Å². The Bertz CT molecular complexity index is 676. The van der Waals surface area contributed by atoms with Gasteiger partial charge in [-0.05, 0) is 36.5 Å². The summed E-state index contributed by atoms with van der Waals surface area (Å²) in [6, 6.07) is 8.28. The van der Waals surface area contributed by atoms with Crippen LogP contribution in [-0.2, 0) is 19.5 Å². The number of guanidine groups is 1. The number of nitrogens with two attached hydrogens (primary N) is 1. The monoisotopic (exact) mass is 311 g/mol. The third-order valence-electron chi connectivity index (χ3n) is 4.20. The number of aryl methyl sites for hydroxylation is 2. The first kappa shape index (κ1) is 15.6. The van der Waals surface area contributed by atoms with Crippen LogP contribution in [0.2, 0.25) is 0 Å². The van der Waals surface area contributed by atoms with Crippen LogP contribution >= 0.6 is 0 Å². The van der Waals surface area contributed by atoms with E-state index in [-0.39, 0.29) is 0 Å². The van der Waals surface area contributed by atoms with Crippen molar-refractivity contribution in [2.45, 2.75) is 52.1 Å². The van der Waals surface area contributed by atoms with Crippen LogP contribution in [0.15, 0.2) is 35.5 Å². The van der Waals surface area contributed by atoms with E-state index < -0.39 is 0 Å². The van der Waals surface area contributed by atoms with Crippen molar-refractivity contribution < 1.29 is 0 Å². The number of fused-ring (bicyclic) bond motifs is 1. The molecule has 0 unspecified atom stereocenters. The molecule has 0 fully saturated rings. The van der Waals surface area contributed by atoms with E-state index in [0.29, 0.717) is 18.4 Å². The van der Waals surface area contributed by atoms with Crippen LogP contribution in [0.4, 0.5) is 5.69 Å². The SMILES string of the molecule is CC(C)c1cccc(NC(N)=NCc2cn3c(n2)CCCC3)c1. The summed E-state index contributed by atoms with van der Waals surface area (Å²) in [7, 11) is 0. The first-order valence-corrected chi connectivity index (χ1v) is 8.33. The highest BCUT2D eigenvalue weighted by Crippen LogP contribution is 2.18. The van der Waals surface area contributed by atoms with Crippen molar-refractivity contribution >= 4 is 11.6 Å². The number of rotatable bonds is 4. The zero-order valence-electron chi connectivity index (χ0n) is 13.9. The van der Waals surface area contributed by atoms with Gasteiger partial charge < -0.3 is 15.6 Å². The molecular weight excluding hydrogens is 286 g/mol. The van der Waals surface area contributed by atoms with E-state index in [2.05, 4.69) is 52.0 Å². The molecule has 3 N–H and O–H groups in total. The predicted octanol–water partition coefficient (Wildman–Crippen LogP) is 3.27. The summed E-state index contributed by atoms with van der Waals surface area (Å²) in [6.07, 6.45) is 5.64. The maximum Gasteiger partial charge on any atom is 0.193 e. The molecule has 1 aromatic heterocycles. The highest BCUT2D eigenvalue weighted by Gasteiger charge is 2.11. The third-order valence-corrected chi connectivity index (χ3v) is 4.20. The molecule has 0 saturated heterocycles. The zero-order valence-corrected chi connectivity index (χ0v) is 13.9. The molecule has 3 rings (SSSR count). The van der Waals surface area contributed by atoms with Crippen molar-refractivity contribution in [1.82, 2.24) is 9.55 Å². The van der Waals surface area contributed by atoms with E-state index in [1.807, 2.05) is 12.1 Å². The molecule has 5 heteroatoms. The summed E-state index contributed by atoms with van der Waals surface area (Å²) in [5.74, 6) is 2.10. The van der Waals surface area contributed by atoms with Crippen LogP contribution in [-0.4, -0.2) is 15.5 Å². The number of nitrogens with one attached hydrogen (secondary N) is 1. The number of aromatic nitrogens is 2. The van der Waals surface area contributed by atoms with Gasteiger partial charge in [0.15, 0.2) is 5.96 Å². The van der Waals surface area contributed by atoms with Gasteiger partial charge in [0, 0.05) is 24.8 Å². The summed E-state index contributed by atoms with van der Waals surface area (Å²) in [5.41, 5.74) is 9.25. The van der Waals surface area contributed by atoms with Crippen LogP contribution in [0, 0.1) is 0 Å². The van der Waals surface area contributed by atoms with Gasteiger partial charge in [0.25, 0.3) is 0 Å². The van der Waals surface area contributed by atoms with Gasteiger partial charge >= 0.3 is 0 Å². The Labute approximate surface area is 137 Å². The topological polar surface area (TPSA) is 68.2 Å². The lowest BCUT2D eigenvalue weighted by Gasteiger charge is -2.11. The lowest BCUT2D eigenvalue weighted by molar-refractivity contribution is 0.522. The van der Waals surface area contributed by atoms with Gasteiger partial charge in [-0.3, -0.25) is 0 Å². The second kappa shape index (κ2) is 6.86. The van der Waals surface area contributed by atoms with Gasteiger partial charge in [-0.25, -0.2) is 9.98 Å². The van der Waals surface area contributed by atoms with Gasteiger partial charge in [-0.15, -0.1) is 0 Å². The molecule has 0 saturated carbocycles. The van der Waals surface area contributed by atoms with Crippen molar-refractivity contribution in [2.75, 3.05) is 5.32 Å². The minimum atomic E-state index is 0.428. The molecule has 0 atom stereocenters. The predicted molar refractivity (Wildman–Crippen MR) is 94.6 cm³/mol. The minimum Gasteiger partial charge on any atom is -0.370 e. The van der Waals surface area contributed by atoms with Crippen LogP contribution < -0.4 is 11.1 Å². The van der Waals surface area contributed by atoms with E-state index in [1.165, 1.54) is 24.2 Å². The summed E-state index contributed by atoms with van der Waals surface area (Å²) >= 11 is 0. The molecule has 0 bridgehead atoms. The van der Waals surface area contributed by atoms with E-state index in [1.54, 1.807) is 0 Å². The molecule has 1 aromatic carbocycles. The lowest BCUT2D eigenvalue weighted by Crippen LogP contribution is -2.22. The maximum atomic E-state index is 6.01. The largest absolute Gasteiger partial charge is 0.370 e. The van der Waals surface area contributed by atoms with Gasteiger partial charge in [-0.2, -0.15) is 0 Å². The fourth-order valence-corrected chi connectivity index (χ4v) is 2.88. The van der Waals surface area contributed by atoms with Crippen molar-refractivity contribution in [1.29, 1.82) is 0 Å². The van der Waals surface area contributed by atoms with Crippen LogP contribution in [0.25, 0.3) is 0 Å². The van der Waals surface area contributed by atoms with E-state index in [0.717, 1.165) is 24.3 Å². The fourth-order valence-electron chi connectivity index (χ4n) is 2.88. The Balaban J connectivity index is 1.63. The van der Waals surface area contributed by atoms with Crippen molar-refractivity contribution in [3.63, 3.8) is 0 Å². The minimum absolute atomic E-state index is 0.428. The van der Waals surface area contributed by atoms with E-state index in [9.17, 15) is 0 Å². The molecule has 23 heavy (non-hydrogen) atoms. The van der Waals surface area contributed by atoms with Crippen molar-refractivity contribution in [3.05, 3.63) is 47.5 Å². The van der Waals surface area contributed by atoms with Gasteiger partial charge in [0.2, 0.25) is 0 Å². The first-order chi connectivity index (χ1) is 11.1. The van der Waals surface area contributed by atoms with Gasteiger partial charge in [-0.1, -0.05) is 26.0 Å². The number of nitrogens with zero attached hydrogens (tertiary/aromatic N) is 3. The highest BCUT2D eigenvalue weighted by molar-refractivity contribution is 5.92. The Morgan fingerprint density at radius 1 is 1.39 bits per heavy atom. The molecule has 0 aliphatic carbocycles. The number of hydrogen-bond donors (Lipinski definition) is 2. The summed E-state index contributed by atoms with van der Waals surface area (Å²) in [5, 5.41) is 3.16. The molecule has 122 valence electrons. The molecule has 0 amide bonds. The number of hydrogen-bond acceptors (Lipinski definition) is 2. The second-order valence-electron chi connectivity index (χ2n) is 6.41. The van der Waals surface area contributed by atoms with Crippen molar-refractivity contribution in [2.24, 2.45) is 10.7 Å². The highest BCUT2D eigenvalue weighted by atomic mass is 15.1. The summed E-state index contributed by atoms with van der Waals surface area (Å²) in [4.78, 5) is 9.05. The molecule has 5 nitrogen and oxygen atoms in total. The fraction of sp³-hybridized carbons (Fsp3) is 0.444. The van der Waals surface area contributed by atoms with Crippen molar-refractivity contribution in [3.8, 4) is 0 Å². The number of benzene rings is 1. The molecule has 2 heterocycles. The lowest BCUT2D eigenvalue weighted by atomic mass is 10.0. The Morgan fingerprint density at radius 2 is 2.26 bits per heavy atom. The van der Waals surface area contributed by atoms with Gasteiger partial charge in [0.1, 0.15) is 5.82 Å². The quantitative estimate of drug-likeness (QED) is 0.672. The number of anilines is 1. The second-order valence-corrected chi connectivity index (χ2v) is 6.41. The molecular formula is C18H25N5. The summed E-state index contributed by atoms with van der Waals surface area (Å²) < 4.78 is 2.24. The van der Waals surface area contributed by atoms with E-state index >= 15 is 0 Å². The van der Waals surface area contributed by atoms with Crippen LogP contribution in [0.1, 0.15) is 49.7 Å². The average Bonchev–Trinajstić information content (AvgIpc) is 2.96. The Kier molecular flexibility index (Phi) is 4.65. The third kappa shape index (κ3) is 3.92. The molecule has 2 aromatic rings. The first-order valence-electron chi connectivity index (χ1n) is 8.33.